The SMILES string of the molecule is COc1cc(CNCC(C)(C)C#N)cc(Br)c1O. The molecular weight excluding hydrogens is 296 g/mol. The smallest absolute Gasteiger partial charge is 0.172 e. The summed E-state index contributed by atoms with van der Waals surface area (Å²) in [5.74, 6) is 0.527. The summed E-state index contributed by atoms with van der Waals surface area (Å²) >= 11 is 3.27. The van der Waals surface area contributed by atoms with Gasteiger partial charge in [-0.05, 0) is 47.5 Å². The molecule has 0 aliphatic heterocycles. The van der Waals surface area contributed by atoms with Gasteiger partial charge in [0.25, 0.3) is 0 Å². The fourth-order valence-electron chi connectivity index (χ4n) is 1.44. The van der Waals surface area contributed by atoms with E-state index in [0.717, 1.165) is 5.56 Å². The van der Waals surface area contributed by atoms with Gasteiger partial charge in [-0.3, -0.25) is 0 Å². The first kappa shape index (κ1) is 14.8. The molecular formula is C13H17BrN2O2. The zero-order valence-corrected chi connectivity index (χ0v) is 12.3. The molecule has 0 heterocycles. The van der Waals surface area contributed by atoms with Crippen molar-refractivity contribution in [3.05, 3.63) is 22.2 Å². The third kappa shape index (κ3) is 3.90. The lowest BCUT2D eigenvalue weighted by atomic mass is 9.96. The van der Waals surface area contributed by atoms with Crippen molar-refractivity contribution in [2.24, 2.45) is 5.41 Å². The Balaban J connectivity index is 2.70. The summed E-state index contributed by atoms with van der Waals surface area (Å²) in [5, 5.41) is 21.8. The van der Waals surface area contributed by atoms with Crippen LogP contribution in [0.25, 0.3) is 0 Å². The van der Waals surface area contributed by atoms with Crippen molar-refractivity contribution in [2.75, 3.05) is 13.7 Å². The number of nitrogens with one attached hydrogen (secondary N) is 1. The number of ether oxygens (including phenoxy) is 1. The molecule has 0 saturated heterocycles. The van der Waals surface area contributed by atoms with Crippen molar-refractivity contribution < 1.29 is 9.84 Å². The van der Waals surface area contributed by atoms with Gasteiger partial charge in [-0.15, -0.1) is 0 Å². The average Bonchev–Trinajstić information content (AvgIpc) is 2.33. The molecule has 0 atom stereocenters. The number of phenols is 1. The van der Waals surface area contributed by atoms with E-state index in [1.165, 1.54) is 7.11 Å². The molecule has 1 rings (SSSR count). The molecule has 0 aliphatic carbocycles. The zero-order valence-electron chi connectivity index (χ0n) is 10.7. The Bertz CT molecular complexity index is 467. The van der Waals surface area contributed by atoms with Gasteiger partial charge in [-0.1, -0.05) is 0 Å². The molecule has 0 spiro atoms. The second-order valence-electron chi connectivity index (χ2n) is 4.73. The van der Waals surface area contributed by atoms with Crippen LogP contribution in [-0.2, 0) is 6.54 Å². The second-order valence-corrected chi connectivity index (χ2v) is 5.58. The van der Waals surface area contributed by atoms with Crippen molar-refractivity contribution in [2.45, 2.75) is 20.4 Å². The highest BCUT2D eigenvalue weighted by molar-refractivity contribution is 9.10. The highest BCUT2D eigenvalue weighted by Gasteiger charge is 2.16. The maximum atomic E-state index is 9.68. The van der Waals surface area contributed by atoms with Crippen LogP contribution in [0.4, 0.5) is 0 Å². The van der Waals surface area contributed by atoms with Crippen LogP contribution in [0.2, 0.25) is 0 Å². The van der Waals surface area contributed by atoms with Gasteiger partial charge in [0, 0.05) is 13.1 Å². The van der Waals surface area contributed by atoms with E-state index in [1.807, 2.05) is 19.9 Å². The first-order valence-electron chi connectivity index (χ1n) is 5.57. The van der Waals surface area contributed by atoms with Gasteiger partial charge >= 0.3 is 0 Å². The highest BCUT2D eigenvalue weighted by atomic mass is 79.9. The quantitative estimate of drug-likeness (QED) is 0.877. The van der Waals surface area contributed by atoms with E-state index in [0.29, 0.717) is 23.3 Å². The molecule has 0 bridgehead atoms. The molecule has 2 N–H and O–H groups in total. The van der Waals surface area contributed by atoms with Crippen LogP contribution >= 0.6 is 15.9 Å². The number of rotatable bonds is 5. The standard InChI is InChI=1S/C13H17BrN2O2/c1-13(2,7-15)8-16-6-9-4-10(14)12(17)11(5-9)18-3/h4-5,16-17H,6,8H2,1-3H3. The van der Waals surface area contributed by atoms with Gasteiger partial charge < -0.3 is 15.2 Å². The van der Waals surface area contributed by atoms with Crippen LogP contribution in [0.3, 0.4) is 0 Å². The molecule has 5 heteroatoms. The normalized spacial score (nSPS) is 11.1. The van der Waals surface area contributed by atoms with Crippen molar-refractivity contribution in [3.8, 4) is 17.6 Å². The lowest BCUT2D eigenvalue weighted by Crippen LogP contribution is -2.27. The lowest BCUT2D eigenvalue weighted by Gasteiger charge is -2.16. The number of hydrogen-bond donors (Lipinski definition) is 2. The predicted octanol–water partition coefficient (Wildman–Crippen LogP) is 2.80. The van der Waals surface area contributed by atoms with Gasteiger partial charge in [0.2, 0.25) is 0 Å². The van der Waals surface area contributed by atoms with E-state index < -0.39 is 5.41 Å². The molecule has 0 radical (unpaired) electrons. The number of nitrogens with zero attached hydrogens (tertiary/aromatic N) is 1. The zero-order chi connectivity index (χ0) is 13.8. The van der Waals surface area contributed by atoms with Crippen molar-refractivity contribution in [1.82, 2.24) is 5.32 Å². The minimum absolute atomic E-state index is 0.0959. The summed E-state index contributed by atoms with van der Waals surface area (Å²) in [6.45, 7) is 4.98. The molecule has 0 aliphatic rings. The summed E-state index contributed by atoms with van der Waals surface area (Å²) in [7, 11) is 1.51. The minimum atomic E-state index is -0.391. The van der Waals surface area contributed by atoms with E-state index in [4.69, 9.17) is 10.00 Å². The summed E-state index contributed by atoms with van der Waals surface area (Å²) in [6, 6.07) is 5.83. The monoisotopic (exact) mass is 312 g/mol. The molecule has 0 amide bonds. The lowest BCUT2D eigenvalue weighted by molar-refractivity contribution is 0.371. The molecule has 4 nitrogen and oxygen atoms in total. The van der Waals surface area contributed by atoms with Gasteiger partial charge in [-0.2, -0.15) is 5.26 Å². The van der Waals surface area contributed by atoms with Crippen LogP contribution in [-0.4, -0.2) is 18.8 Å². The molecule has 0 aromatic heterocycles. The molecule has 18 heavy (non-hydrogen) atoms. The Hall–Kier alpha value is -1.25. The molecule has 98 valence electrons. The number of methoxy groups -OCH3 is 1. The summed E-state index contributed by atoms with van der Waals surface area (Å²) in [4.78, 5) is 0. The fourth-order valence-corrected chi connectivity index (χ4v) is 1.93. The average molecular weight is 313 g/mol. The third-order valence-corrected chi connectivity index (χ3v) is 3.11. The van der Waals surface area contributed by atoms with Crippen LogP contribution in [0, 0.1) is 16.7 Å². The number of nitriles is 1. The first-order valence-corrected chi connectivity index (χ1v) is 6.36. The van der Waals surface area contributed by atoms with E-state index in [-0.39, 0.29) is 5.75 Å². The number of aromatic hydroxyl groups is 1. The second kappa shape index (κ2) is 6.07. The number of benzene rings is 1. The van der Waals surface area contributed by atoms with Crippen LogP contribution < -0.4 is 10.1 Å². The third-order valence-electron chi connectivity index (χ3n) is 2.51. The Kier molecular flexibility index (Phi) is 5.00. The molecule has 0 fully saturated rings. The molecule has 1 aromatic rings. The fraction of sp³-hybridized carbons (Fsp3) is 0.462. The van der Waals surface area contributed by atoms with Gasteiger partial charge in [0.15, 0.2) is 11.5 Å². The van der Waals surface area contributed by atoms with Crippen LogP contribution in [0.1, 0.15) is 19.4 Å². The Labute approximate surface area is 116 Å². The maximum Gasteiger partial charge on any atom is 0.172 e. The van der Waals surface area contributed by atoms with Crippen molar-refractivity contribution in [3.63, 3.8) is 0 Å². The number of halogens is 1. The first-order chi connectivity index (χ1) is 8.39. The Morgan fingerprint density at radius 3 is 2.72 bits per heavy atom. The summed E-state index contributed by atoms with van der Waals surface area (Å²) < 4.78 is 5.67. The van der Waals surface area contributed by atoms with Crippen molar-refractivity contribution >= 4 is 15.9 Å². The molecule has 0 unspecified atom stereocenters. The van der Waals surface area contributed by atoms with Crippen LogP contribution in [0.15, 0.2) is 16.6 Å². The van der Waals surface area contributed by atoms with E-state index >= 15 is 0 Å². The maximum absolute atomic E-state index is 9.68. The Morgan fingerprint density at radius 2 is 2.17 bits per heavy atom. The highest BCUT2D eigenvalue weighted by Crippen LogP contribution is 2.35. The molecule has 0 saturated carbocycles. The van der Waals surface area contributed by atoms with E-state index in [1.54, 1.807) is 6.07 Å². The van der Waals surface area contributed by atoms with E-state index in [9.17, 15) is 5.11 Å². The Morgan fingerprint density at radius 1 is 1.50 bits per heavy atom. The number of phenolic OH excluding ortho intramolecular Hbond substituents is 1. The van der Waals surface area contributed by atoms with Crippen molar-refractivity contribution in [1.29, 1.82) is 5.26 Å². The largest absolute Gasteiger partial charge is 0.503 e. The topological polar surface area (TPSA) is 65.3 Å². The van der Waals surface area contributed by atoms with Gasteiger partial charge in [0.05, 0.1) is 23.1 Å². The minimum Gasteiger partial charge on any atom is -0.503 e. The van der Waals surface area contributed by atoms with Crippen LogP contribution in [0.5, 0.6) is 11.5 Å². The summed E-state index contributed by atoms with van der Waals surface area (Å²) in [6.07, 6.45) is 0. The predicted molar refractivity (Wildman–Crippen MR) is 73.5 cm³/mol. The summed E-state index contributed by atoms with van der Waals surface area (Å²) in [5.41, 5.74) is 0.586. The van der Waals surface area contributed by atoms with E-state index in [2.05, 4.69) is 27.3 Å². The molecule has 1 aromatic carbocycles. The van der Waals surface area contributed by atoms with Gasteiger partial charge in [-0.25, -0.2) is 0 Å². The van der Waals surface area contributed by atoms with Gasteiger partial charge in [0.1, 0.15) is 0 Å². The number of hydrogen-bond acceptors (Lipinski definition) is 4.